The van der Waals surface area contributed by atoms with Gasteiger partial charge in [0.1, 0.15) is 12.4 Å². The van der Waals surface area contributed by atoms with Crippen molar-refractivity contribution in [1.82, 2.24) is 0 Å². The molecule has 0 atom stereocenters. The van der Waals surface area contributed by atoms with Gasteiger partial charge in [0.15, 0.2) is 0 Å². The first kappa shape index (κ1) is 11.5. The first-order valence-corrected chi connectivity index (χ1v) is 6.08. The van der Waals surface area contributed by atoms with Gasteiger partial charge >= 0.3 is 0 Å². The van der Waals surface area contributed by atoms with Crippen molar-refractivity contribution in [3.05, 3.63) is 46.2 Å². The normalized spacial score (nSPS) is 9.82. The Labute approximate surface area is 104 Å². The van der Waals surface area contributed by atoms with Gasteiger partial charge in [-0.3, -0.25) is 0 Å². The molecule has 4 heteroatoms. The van der Waals surface area contributed by atoms with Gasteiger partial charge in [-0.15, -0.1) is 11.3 Å². The van der Waals surface area contributed by atoms with E-state index >= 15 is 0 Å². The molecule has 2 aromatic rings. The minimum absolute atomic E-state index is 0.308. The van der Waals surface area contributed by atoms with E-state index in [9.17, 15) is 0 Å². The van der Waals surface area contributed by atoms with Crippen molar-refractivity contribution in [2.24, 2.45) is 0 Å². The molecule has 2 rings (SSSR count). The Morgan fingerprint density at radius 2 is 2.24 bits per heavy atom. The second-order valence-corrected chi connectivity index (χ2v) is 4.60. The second kappa shape index (κ2) is 5.37. The summed E-state index contributed by atoms with van der Waals surface area (Å²) in [5.41, 5.74) is 7.21. The lowest BCUT2D eigenvalue weighted by molar-refractivity contribution is 0.309. The molecule has 1 aromatic carbocycles. The molecule has 2 N–H and O–H groups in total. The largest absolute Gasteiger partial charge is 0.488 e. The third-order valence-electron chi connectivity index (χ3n) is 2.35. The van der Waals surface area contributed by atoms with E-state index in [0.29, 0.717) is 18.7 Å². The molecule has 1 heterocycles. The number of nitriles is 1. The molecular weight excluding hydrogens is 232 g/mol. The molecule has 0 saturated heterocycles. The van der Waals surface area contributed by atoms with Crippen LogP contribution in [0.25, 0.3) is 0 Å². The predicted octanol–water partition coefficient (Wildman–Crippen LogP) is 2.98. The summed E-state index contributed by atoms with van der Waals surface area (Å²) in [5, 5.41) is 10.7. The Hall–Kier alpha value is -1.99. The molecule has 3 nitrogen and oxygen atoms in total. The maximum absolute atomic E-state index is 8.67. The number of rotatable bonds is 4. The molecule has 17 heavy (non-hydrogen) atoms. The van der Waals surface area contributed by atoms with Crippen LogP contribution in [0.5, 0.6) is 5.75 Å². The van der Waals surface area contributed by atoms with Gasteiger partial charge in [0.2, 0.25) is 0 Å². The molecule has 0 spiro atoms. The van der Waals surface area contributed by atoms with Crippen molar-refractivity contribution in [3.63, 3.8) is 0 Å². The van der Waals surface area contributed by atoms with E-state index in [4.69, 9.17) is 15.7 Å². The van der Waals surface area contributed by atoms with E-state index in [-0.39, 0.29) is 0 Å². The van der Waals surface area contributed by atoms with Gasteiger partial charge in [0.05, 0.1) is 12.5 Å². The number of benzene rings is 1. The minimum atomic E-state index is 0.308. The van der Waals surface area contributed by atoms with Crippen LogP contribution in [-0.2, 0) is 13.0 Å². The monoisotopic (exact) mass is 244 g/mol. The summed E-state index contributed by atoms with van der Waals surface area (Å²) in [6.07, 6.45) is 0.308. The third-order valence-corrected chi connectivity index (χ3v) is 3.20. The summed E-state index contributed by atoms with van der Waals surface area (Å²) < 4.78 is 5.64. The Kier molecular flexibility index (Phi) is 3.63. The number of nitrogens with two attached hydrogens (primary N) is 1. The van der Waals surface area contributed by atoms with Gasteiger partial charge in [-0.25, -0.2) is 0 Å². The number of nitrogen functional groups attached to an aromatic ring is 1. The van der Waals surface area contributed by atoms with E-state index in [2.05, 4.69) is 6.07 Å². The average Bonchev–Trinajstić information content (AvgIpc) is 2.83. The highest BCUT2D eigenvalue weighted by Gasteiger charge is 2.02. The highest BCUT2D eigenvalue weighted by molar-refractivity contribution is 7.09. The van der Waals surface area contributed by atoms with Gasteiger partial charge in [-0.05, 0) is 35.2 Å². The zero-order valence-corrected chi connectivity index (χ0v) is 10.0. The third kappa shape index (κ3) is 2.99. The maximum atomic E-state index is 8.67. The van der Waals surface area contributed by atoms with Crippen LogP contribution in [0.1, 0.15) is 10.4 Å². The van der Waals surface area contributed by atoms with Crippen molar-refractivity contribution in [3.8, 4) is 11.8 Å². The molecule has 0 aliphatic heterocycles. The summed E-state index contributed by atoms with van der Waals surface area (Å²) in [6, 6.07) is 11.5. The number of ether oxygens (including phenoxy) is 1. The average molecular weight is 244 g/mol. The van der Waals surface area contributed by atoms with Crippen molar-refractivity contribution >= 4 is 17.0 Å². The summed E-state index contributed by atoms with van der Waals surface area (Å²) in [4.78, 5) is 1.17. The molecular formula is C13H12N2OS. The summed E-state index contributed by atoms with van der Waals surface area (Å²) in [6.45, 7) is 0.549. The molecule has 0 radical (unpaired) electrons. The topological polar surface area (TPSA) is 59.0 Å². The smallest absolute Gasteiger partial charge is 0.122 e. The highest BCUT2D eigenvalue weighted by atomic mass is 32.1. The predicted molar refractivity (Wildman–Crippen MR) is 68.8 cm³/mol. The highest BCUT2D eigenvalue weighted by Crippen LogP contribution is 2.21. The molecule has 0 unspecified atom stereocenters. The standard InChI is InChI=1S/C13H12N2OS/c14-6-5-10-8-11(3-4-13(10)15)16-9-12-2-1-7-17-12/h1-4,7-8H,5,9,15H2. The van der Waals surface area contributed by atoms with Gasteiger partial charge in [0.25, 0.3) is 0 Å². The lowest BCUT2D eigenvalue weighted by Gasteiger charge is -2.07. The van der Waals surface area contributed by atoms with E-state index in [1.54, 1.807) is 17.4 Å². The number of hydrogen-bond donors (Lipinski definition) is 1. The van der Waals surface area contributed by atoms with Crippen LogP contribution in [0.15, 0.2) is 35.7 Å². The number of hydrogen-bond acceptors (Lipinski definition) is 4. The minimum Gasteiger partial charge on any atom is -0.488 e. The van der Waals surface area contributed by atoms with Crippen LogP contribution in [0.3, 0.4) is 0 Å². The Balaban J connectivity index is 2.06. The van der Waals surface area contributed by atoms with E-state index in [1.165, 1.54) is 4.88 Å². The van der Waals surface area contributed by atoms with Crippen LogP contribution in [-0.4, -0.2) is 0 Å². The number of anilines is 1. The molecule has 0 fully saturated rings. The zero-order valence-electron chi connectivity index (χ0n) is 9.22. The van der Waals surface area contributed by atoms with E-state index in [0.717, 1.165) is 11.3 Å². The van der Waals surface area contributed by atoms with Crippen LogP contribution >= 0.6 is 11.3 Å². The lowest BCUT2D eigenvalue weighted by Crippen LogP contribution is -1.97. The van der Waals surface area contributed by atoms with Gasteiger partial charge in [-0.1, -0.05) is 6.07 Å². The number of thiophene rings is 1. The molecule has 0 bridgehead atoms. The first-order valence-electron chi connectivity index (χ1n) is 5.20. The quantitative estimate of drug-likeness (QED) is 0.841. The van der Waals surface area contributed by atoms with Crippen molar-refractivity contribution in [1.29, 1.82) is 5.26 Å². The maximum Gasteiger partial charge on any atom is 0.122 e. The summed E-state index contributed by atoms with van der Waals surface area (Å²) >= 11 is 1.66. The SMILES string of the molecule is N#CCc1cc(OCc2cccs2)ccc1N. The van der Waals surface area contributed by atoms with Crippen molar-refractivity contribution in [2.45, 2.75) is 13.0 Å². The lowest BCUT2D eigenvalue weighted by atomic mass is 10.1. The molecule has 0 saturated carbocycles. The van der Waals surface area contributed by atoms with Crippen LogP contribution in [0.4, 0.5) is 5.69 Å². The molecule has 86 valence electrons. The van der Waals surface area contributed by atoms with Crippen molar-refractivity contribution < 1.29 is 4.74 Å². The molecule has 0 aliphatic carbocycles. The van der Waals surface area contributed by atoms with Crippen LogP contribution in [0.2, 0.25) is 0 Å². The summed E-state index contributed by atoms with van der Waals surface area (Å²) in [7, 11) is 0. The van der Waals surface area contributed by atoms with Crippen molar-refractivity contribution in [2.75, 3.05) is 5.73 Å². The fourth-order valence-corrected chi connectivity index (χ4v) is 2.08. The Bertz CT molecular complexity index is 529. The fourth-order valence-electron chi connectivity index (χ4n) is 1.46. The first-order chi connectivity index (χ1) is 8.29. The molecule has 1 aromatic heterocycles. The molecule has 0 aliphatic rings. The van der Waals surface area contributed by atoms with Crippen LogP contribution in [0, 0.1) is 11.3 Å². The fraction of sp³-hybridized carbons (Fsp3) is 0.154. The Morgan fingerprint density at radius 3 is 2.94 bits per heavy atom. The van der Waals surface area contributed by atoms with Gasteiger partial charge in [-0.2, -0.15) is 5.26 Å². The molecule has 0 amide bonds. The zero-order chi connectivity index (χ0) is 12.1. The van der Waals surface area contributed by atoms with Gasteiger partial charge < -0.3 is 10.5 Å². The Morgan fingerprint density at radius 1 is 1.35 bits per heavy atom. The van der Waals surface area contributed by atoms with E-state index in [1.807, 2.05) is 29.6 Å². The second-order valence-electron chi connectivity index (χ2n) is 3.56. The number of nitrogens with zero attached hydrogens (tertiary/aromatic N) is 1. The van der Waals surface area contributed by atoms with Gasteiger partial charge in [0, 0.05) is 10.6 Å². The summed E-state index contributed by atoms with van der Waals surface area (Å²) in [5.74, 6) is 0.748. The van der Waals surface area contributed by atoms with E-state index < -0.39 is 0 Å². The van der Waals surface area contributed by atoms with Crippen LogP contribution < -0.4 is 10.5 Å².